The molecule has 1 heterocycles. The van der Waals surface area contributed by atoms with Crippen molar-refractivity contribution >= 4 is 17.3 Å². The van der Waals surface area contributed by atoms with E-state index in [9.17, 15) is 9.90 Å². The van der Waals surface area contributed by atoms with Gasteiger partial charge < -0.3 is 14.6 Å². The average molecular weight is 380 g/mol. The van der Waals surface area contributed by atoms with Crippen molar-refractivity contribution in [3.8, 4) is 16.3 Å². The number of hydrogen-bond donors (Lipinski definition) is 0. The van der Waals surface area contributed by atoms with Crippen molar-refractivity contribution in [2.24, 2.45) is 0 Å². The first-order valence-corrected chi connectivity index (χ1v) is 9.67. The fraction of sp³-hybridized carbons (Fsp3) is 0.273. The Kier molecular flexibility index (Phi) is 5.61. The van der Waals surface area contributed by atoms with E-state index in [1.165, 1.54) is 16.9 Å². The number of hydrogen-bond acceptors (Lipinski definition) is 5. The number of ether oxygens (including phenoxy) is 1. The zero-order valence-corrected chi connectivity index (χ0v) is 16.5. The molecule has 0 saturated heterocycles. The summed E-state index contributed by atoms with van der Waals surface area (Å²) in [6.45, 7) is 7.01. The summed E-state index contributed by atoms with van der Waals surface area (Å²) in [6.07, 6.45) is -0.157. The zero-order valence-electron chi connectivity index (χ0n) is 15.7. The summed E-state index contributed by atoms with van der Waals surface area (Å²) in [6, 6.07) is 16.1. The summed E-state index contributed by atoms with van der Waals surface area (Å²) in [4.78, 5) is 15.0. The van der Waals surface area contributed by atoms with Crippen LogP contribution in [0.25, 0.3) is 10.6 Å². The lowest BCUT2D eigenvalue weighted by Crippen LogP contribution is -2.24. The molecule has 3 aromatic rings. The van der Waals surface area contributed by atoms with Crippen LogP contribution >= 0.6 is 11.3 Å². The molecule has 27 heavy (non-hydrogen) atoms. The van der Waals surface area contributed by atoms with Gasteiger partial charge in [0.15, 0.2) is 0 Å². The second-order valence-corrected chi connectivity index (χ2v) is 8.28. The molecular formula is C22H22NO3S-. The predicted octanol–water partition coefficient (Wildman–Crippen LogP) is 3.98. The van der Waals surface area contributed by atoms with Crippen LogP contribution in [0.15, 0.2) is 53.9 Å². The molecule has 0 aliphatic carbocycles. The largest absolute Gasteiger partial charge is 0.550 e. The lowest BCUT2D eigenvalue weighted by atomic mass is 9.86. The quantitative estimate of drug-likeness (QED) is 0.649. The van der Waals surface area contributed by atoms with Crippen LogP contribution < -0.4 is 9.84 Å². The molecule has 0 amide bonds. The Bertz CT molecular complexity index is 923. The molecule has 0 atom stereocenters. The maximum Gasteiger partial charge on any atom is 0.123 e. The summed E-state index contributed by atoms with van der Waals surface area (Å²) < 4.78 is 6.06. The van der Waals surface area contributed by atoms with E-state index >= 15 is 0 Å². The minimum Gasteiger partial charge on any atom is -0.550 e. The molecule has 2 aromatic carbocycles. The first-order valence-electron chi connectivity index (χ1n) is 8.79. The van der Waals surface area contributed by atoms with Gasteiger partial charge in [-0.1, -0.05) is 63.2 Å². The molecule has 0 saturated carbocycles. The third kappa shape index (κ3) is 4.95. The number of aromatic nitrogens is 1. The van der Waals surface area contributed by atoms with Crippen LogP contribution in [0.1, 0.15) is 37.6 Å². The van der Waals surface area contributed by atoms with Gasteiger partial charge in [-0.15, -0.1) is 11.3 Å². The minimum atomic E-state index is -1.12. The fourth-order valence-electron chi connectivity index (χ4n) is 2.79. The minimum absolute atomic E-state index is 0.0223. The van der Waals surface area contributed by atoms with E-state index in [-0.39, 0.29) is 11.8 Å². The Hall–Kier alpha value is -2.66. The van der Waals surface area contributed by atoms with Gasteiger partial charge in [-0.2, -0.15) is 0 Å². The van der Waals surface area contributed by atoms with Crippen LogP contribution in [0.2, 0.25) is 0 Å². The highest BCUT2D eigenvalue weighted by molar-refractivity contribution is 7.13. The van der Waals surface area contributed by atoms with Crippen molar-refractivity contribution in [3.05, 3.63) is 70.7 Å². The van der Waals surface area contributed by atoms with Crippen molar-refractivity contribution in [1.29, 1.82) is 0 Å². The van der Waals surface area contributed by atoms with Crippen molar-refractivity contribution in [3.63, 3.8) is 0 Å². The molecule has 5 heteroatoms. The lowest BCUT2D eigenvalue weighted by molar-refractivity contribution is -0.304. The highest BCUT2D eigenvalue weighted by Gasteiger charge is 2.18. The number of carbonyl (C=O) groups excluding carboxylic acids is 1. The second-order valence-electron chi connectivity index (χ2n) is 7.42. The molecule has 0 aliphatic rings. The van der Waals surface area contributed by atoms with E-state index in [1.54, 1.807) is 5.38 Å². The first kappa shape index (κ1) is 19.1. The van der Waals surface area contributed by atoms with Crippen LogP contribution in [-0.2, 0) is 23.2 Å². The Morgan fingerprint density at radius 2 is 1.81 bits per heavy atom. The van der Waals surface area contributed by atoms with Gasteiger partial charge in [-0.3, -0.25) is 0 Å². The fourth-order valence-corrected chi connectivity index (χ4v) is 3.61. The van der Waals surface area contributed by atoms with Crippen LogP contribution in [0, 0.1) is 0 Å². The normalized spacial score (nSPS) is 11.4. The molecule has 3 rings (SSSR count). The Balaban J connectivity index is 1.68. The standard InChI is InChI=1S/C22H23NO3S/c1-22(2,3)18-6-4-5-7-19(18)26-13-15-8-10-16(11-9-15)21-23-17(14-27-21)12-20(24)25/h4-11,14H,12-13H2,1-3H3,(H,24,25)/p-1. The molecule has 0 spiro atoms. The van der Waals surface area contributed by atoms with E-state index in [1.807, 2.05) is 42.5 Å². The highest BCUT2D eigenvalue weighted by atomic mass is 32.1. The van der Waals surface area contributed by atoms with Crippen molar-refractivity contribution in [2.75, 3.05) is 0 Å². The van der Waals surface area contributed by atoms with Gasteiger partial charge in [0.1, 0.15) is 17.4 Å². The smallest absolute Gasteiger partial charge is 0.123 e. The van der Waals surface area contributed by atoms with Crippen LogP contribution in [0.3, 0.4) is 0 Å². The van der Waals surface area contributed by atoms with E-state index in [4.69, 9.17) is 4.74 Å². The number of nitrogens with zero attached hydrogens (tertiary/aromatic N) is 1. The van der Waals surface area contributed by atoms with Gasteiger partial charge in [-0.25, -0.2) is 4.98 Å². The summed E-state index contributed by atoms with van der Waals surface area (Å²) in [5, 5.41) is 13.2. The molecule has 1 aromatic heterocycles. The van der Waals surface area contributed by atoms with E-state index in [0.717, 1.165) is 21.9 Å². The molecule has 0 aliphatic heterocycles. The average Bonchev–Trinajstić information content (AvgIpc) is 3.07. The van der Waals surface area contributed by atoms with E-state index in [2.05, 4.69) is 31.8 Å². The second kappa shape index (κ2) is 7.92. The summed E-state index contributed by atoms with van der Waals surface area (Å²) in [5.74, 6) is -0.212. The first-order chi connectivity index (χ1) is 12.8. The maximum absolute atomic E-state index is 10.7. The SMILES string of the molecule is CC(C)(C)c1ccccc1OCc1ccc(-c2nc(CC(=O)[O-])cs2)cc1. The van der Waals surface area contributed by atoms with Crippen molar-refractivity contribution in [2.45, 2.75) is 39.2 Å². The molecule has 0 fully saturated rings. The number of thiazole rings is 1. The topological polar surface area (TPSA) is 62.2 Å². The van der Waals surface area contributed by atoms with Crippen molar-refractivity contribution < 1.29 is 14.6 Å². The number of benzene rings is 2. The molecule has 0 N–H and O–H groups in total. The lowest BCUT2D eigenvalue weighted by Gasteiger charge is -2.22. The molecule has 4 nitrogen and oxygen atoms in total. The van der Waals surface area contributed by atoms with E-state index < -0.39 is 5.97 Å². The number of carboxylic acids is 1. The van der Waals surface area contributed by atoms with Crippen LogP contribution in [0.5, 0.6) is 5.75 Å². The summed E-state index contributed by atoms with van der Waals surface area (Å²) in [7, 11) is 0. The molecular weight excluding hydrogens is 358 g/mol. The molecule has 0 radical (unpaired) electrons. The number of carbonyl (C=O) groups is 1. The van der Waals surface area contributed by atoms with Crippen molar-refractivity contribution in [1.82, 2.24) is 4.98 Å². The third-order valence-electron chi connectivity index (χ3n) is 4.17. The Labute approximate surface area is 163 Å². The number of carboxylic acid groups (broad SMARTS) is 1. The number of para-hydroxylation sites is 1. The Morgan fingerprint density at radius 1 is 1.11 bits per heavy atom. The number of aliphatic carboxylic acids is 1. The zero-order chi connectivity index (χ0) is 19.4. The predicted molar refractivity (Wildman–Crippen MR) is 106 cm³/mol. The molecule has 0 bridgehead atoms. The summed E-state index contributed by atoms with van der Waals surface area (Å²) >= 11 is 1.43. The number of rotatable bonds is 6. The van der Waals surface area contributed by atoms with Crippen LogP contribution in [0.4, 0.5) is 0 Å². The highest BCUT2D eigenvalue weighted by Crippen LogP contribution is 2.31. The van der Waals surface area contributed by atoms with Gasteiger partial charge in [0, 0.05) is 23.3 Å². The monoisotopic (exact) mass is 380 g/mol. The van der Waals surface area contributed by atoms with Gasteiger partial charge in [0.2, 0.25) is 0 Å². The van der Waals surface area contributed by atoms with Gasteiger partial charge >= 0.3 is 0 Å². The summed E-state index contributed by atoms with van der Waals surface area (Å²) in [5.41, 5.74) is 3.76. The molecule has 0 unspecified atom stereocenters. The van der Waals surface area contributed by atoms with Gasteiger partial charge in [0.25, 0.3) is 0 Å². The van der Waals surface area contributed by atoms with Gasteiger partial charge in [-0.05, 0) is 22.6 Å². The van der Waals surface area contributed by atoms with Gasteiger partial charge in [0.05, 0.1) is 5.69 Å². The maximum atomic E-state index is 10.7. The van der Waals surface area contributed by atoms with E-state index in [0.29, 0.717) is 12.3 Å². The Morgan fingerprint density at radius 3 is 2.48 bits per heavy atom. The third-order valence-corrected chi connectivity index (χ3v) is 5.11. The van der Waals surface area contributed by atoms with Crippen LogP contribution in [-0.4, -0.2) is 11.0 Å². The molecule has 140 valence electrons.